The van der Waals surface area contributed by atoms with E-state index < -0.39 is 23.7 Å². The first-order valence-electron chi connectivity index (χ1n) is 16.6. The van der Waals surface area contributed by atoms with E-state index in [4.69, 9.17) is 11.5 Å². The molecule has 18 nitrogen and oxygen atoms in total. The average molecular weight is 677 g/mol. The van der Waals surface area contributed by atoms with E-state index >= 15 is 0 Å². The number of hydrogen-bond acceptors (Lipinski definition) is 10. The summed E-state index contributed by atoms with van der Waals surface area (Å²) in [4.78, 5) is 106. The second kappa shape index (κ2) is 17.2. The minimum absolute atomic E-state index is 0.0372. The van der Waals surface area contributed by atoms with Crippen molar-refractivity contribution in [2.24, 2.45) is 35.1 Å². The molecule has 4 fully saturated rings. The number of rotatable bonds is 17. The molecule has 8 N–H and O–H groups in total. The molecule has 4 aliphatic heterocycles. The average Bonchev–Trinajstić information content (AvgIpc) is 3.83. The first-order valence-corrected chi connectivity index (χ1v) is 16.6. The molecule has 4 heterocycles. The lowest BCUT2D eigenvalue weighted by atomic mass is 10.1. The predicted octanol–water partition coefficient (Wildman–Crippen LogP) is -5.24. The summed E-state index contributed by atoms with van der Waals surface area (Å²) in [5.41, 5.74) is 10.8. The Kier molecular flexibility index (Phi) is 13.1. The van der Waals surface area contributed by atoms with Crippen molar-refractivity contribution in [2.75, 3.05) is 91.6 Å². The van der Waals surface area contributed by atoms with Crippen LogP contribution in [-0.2, 0) is 38.4 Å². The van der Waals surface area contributed by atoms with Gasteiger partial charge in [-0.1, -0.05) is 0 Å². The van der Waals surface area contributed by atoms with Gasteiger partial charge in [-0.05, 0) is 0 Å². The summed E-state index contributed by atoms with van der Waals surface area (Å²) < 4.78 is 0. The Morgan fingerprint density at radius 1 is 0.458 bits per heavy atom. The van der Waals surface area contributed by atoms with Crippen molar-refractivity contribution in [3.63, 3.8) is 0 Å². The van der Waals surface area contributed by atoms with Gasteiger partial charge in [-0.15, -0.1) is 0 Å². The van der Waals surface area contributed by atoms with E-state index in [0.29, 0.717) is 26.2 Å². The predicted molar refractivity (Wildman–Crippen MR) is 169 cm³/mol. The second-order valence-corrected chi connectivity index (χ2v) is 12.7. The third-order valence-corrected chi connectivity index (χ3v) is 9.23. The lowest BCUT2D eigenvalue weighted by Crippen LogP contribution is -2.41. The Morgan fingerprint density at radius 2 is 0.708 bits per heavy atom. The molecule has 0 aromatic heterocycles. The zero-order chi connectivity index (χ0) is 34.8. The van der Waals surface area contributed by atoms with Crippen LogP contribution >= 0.6 is 0 Å². The number of nitrogens with two attached hydrogens (primary N) is 2. The van der Waals surface area contributed by atoms with Crippen molar-refractivity contribution in [3.05, 3.63) is 0 Å². The number of likely N-dealkylation sites (tertiary alicyclic amines) is 4. The van der Waals surface area contributed by atoms with E-state index in [1.807, 2.05) is 0 Å². The van der Waals surface area contributed by atoms with Crippen molar-refractivity contribution in [1.82, 2.24) is 40.9 Å². The number of hydrogen-bond donors (Lipinski definition) is 6. The van der Waals surface area contributed by atoms with E-state index in [0.717, 1.165) is 0 Å². The quantitative estimate of drug-likeness (QED) is 0.0854. The van der Waals surface area contributed by atoms with Gasteiger partial charge in [0, 0.05) is 117 Å². The maximum atomic E-state index is 12.8. The highest BCUT2D eigenvalue weighted by Crippen LogP contribution is 2.22. The van der Waals surface area contributed by atoms with Gasteiger partial charge < -0.3 is 52.3 Å². The van der Waals surface area contributed by atoms with Crippen molar-refractivity contribution in [1.29, 1.82) is 0 Å². The van der Waals surface area contributed by atoms with Gasteiger partial charge in [0.15, 0.2) is 0 Å². The minimum atomic E-state index is -0.563. The van der Waals surface area contributed by atoms with Crippen molar-refractivity contribution in [3.8, 4) is 0 Å². The SMILES string of the molecule is NCCNC(=O)C1CC(=O)N(CCNC(=O)C2CC(=O)N(CCN3CC(C(=O)NCCN4CC(C(=O)NCCN)CC4=O)CC3=O)C2)C1. The maximum absolute atomic E-state index is 12.8. The Bertz CT molecular complexity index is 1170. The summed E-state index contributed by atoms with van der Waals surface area (Å²) in [6.45, 7) is 3.62. The lowest BCUT2D eigenvalue weighted by molar-refractivity contribution is -0.131. The van der Waals surface area contributed by atoms with Crippen LogP contribution in [0.5, 0.6) is 0 Å². The van der Waals surface area contributed by atoms with Crippen LogP contribution in [0.4, 0.5) is 0 Å². The molecule has 0 bridgehead atoms. The highest BCUT2D eigenvalue weighted by atomic mass is 16.2. The molecular formula is C30H48N10O8. The van der Waals surface area contributed by atoms with E-state index in [2.05, 4.69) is 21.3 Å². The molecule has 0 aliphatic carbocycles. The van der Waals surface area contributed by atoms with E-state index in [1.54, 1.807) is 0 Å². The zero-order valence-corrected chi connectivity index (χ0v) is 27.2. The third kappa shape index (κ3) is 9.62. The highest BCUT2D eigenvalue weighted by Gasteiger charge is 2.39. The molecule has 18 heteroatoms. The van der Waals surface area contributed by atoms with Gasteiger partial charge in [0.2, 0.25) is 47.3 Å². The van der Waals surface area contributed by atoms with Crippen LogP contribution in [0.25, 0.3) is 0 Å². The zero-order valence-electron chi connectivity index (χ0n) is 27.2. The summed E-state index contributed by atoms with van der Waals surface area (Å²) in [7, 11) is 0. The smallest absolute Gasteiger partial charge is 0.225 e. The van der Waals surface area contributed by atoms with Gasteiger partial charge >= 0.3 is 0 Å². The van der Waals surface area contributed by atoms with Gasteiger partial charge in [-0.2, -0.15) is 0 Å². The van der Waals surface area contributed by atoms with E-state index in [9.17, 15) is 38.4 Å². The molecule has 8 amide bonds. The fourth-order valence-corrected chi connectivity index (χ4v) is 6.49. The summed E-state index contributed by atoms with van der Waals surface area (Å²) >= 11 is 0. The minimum Gasteiger partial charge on any atom is -0.355 e. The Morgan fingerprint density at radius 3 is 0.979 bits per heavy atom. The van der Waals surface area contributed by atoms with Crippen molar-refractivity contribution < 1.29 is 38.4 Å². The second-order valence-electron chi connectivity index (χ2n) is 12.7. The number of amides is 8. The van der Waals surface area contributed by atoms with E-state index in [-0.39, 0.29) is 138 Å². The molecule has 48 heavy (non-hydrogen) atoms. The van der Waals surface area contributed by atoms with Crippen molar-refractivity contribution >= 4 is 47.3 Å². The van der Waals surface area contributed by atoms with Gasteiger partial charge in [-0.25, -0.2) is 0 Å². The molecule has 0 spiro atoms. The Hall–Kier alpha value is -4.32. The number of nitrogens with zero attached hydrogens (tertiary/aromatic N) is 4. The molecular weight excluding hydrogens is 628 g/mol. The molecule has 4 atom stereocenters. The third-order valence-electron chi connectivity index (χ3n) is 9.23. The van der Waals surface area contributed by atoms with Crippen LogP contribution in [0.2, 0.25) is 0 Å². The molecule has 4 rings (SSSR count). The summed E-state index contributed by atoms with van der Waals surface area (Å²) in [5.74, 6) is -3.77. The summed E-state index contributed by atoms with van der Waals surface area (Å²) in [6, 6.07) is 0. The monoisotopic (exact) mass is 676 g/mol. The molecule has 4 unspecified atom stereocenters. The number of carbonyl (C=O) groups excluding carboxylic acids is 8. The van der Waals surface area contributed by atoms with Gasteiger partial charge in [-0.3, -0.25) is 38.4 Å². The topological polar surface area (TPSA) is 250 Å². The first-order chi connectivity index (χ1) is 23.0. The molecule has 0 aromatic carbocycles. The molecule has 4 aliphatic rings. The van der Waals surface area contributed by atoms with Crippen molar-refractivity contribution in [2.45, 2.75) is 25.7 Å². The molecule has 266 valence electrons. The fraction of sp³-hybridized carbons (Fsp3) is 0.733. The molecule has 0 aromatic rings. The fourth-order valence-electron chi connectivity index (χ4n) is 6.49. The molecule has 4 saturated heterocycles. The standard InChI is InChI=1S/C30H48N10O8/c31-1-3-33-27(45)19-11-23(41)37(15-19)7-5-35-29(47)21-13-25(43)39(17-21)9-10-40-18-22(14-26(40)44)30(48)36-6-8-38-16-20(12-24(38)42)28(46)34-4-2-32/h19-22H,1-18,31-32H2,(H,33,45)(H,34,46)(H,35,47)(H,36,48). The van der Waals surface area contributed by atoms with E-state index in [1.165, 1.54) is 19.6 Å². The largest absolute Gasteiger partial charge is 0.355 e. The Labute approximate surface area is 279 Å². The van der Waals surface area contributed by atoms with Gasteiger partial charge in [0.05, 0.1) is 23.7 Å². The van der Waals surface area contributed by atoms with Gasteiger partial charge in [0.1, 0.15) is 0 Å². The van der Waals surface area contributed by atoms with Gasteiger partial charge in [0.25, 0.3) is 0 Å². The van der Waals surface area contributed by atoms with Crippen LogP contribution < -0.4 is 32.7 Å². The summed E-state index contributed by atoms with van der Waals surface area (Å²) in [6.07, 6.45) is 0.300. The highest BCUT2D eigenvalue weighted by molar-refractivity contribution is 5.91. The lowest BCUT2D eigenvalue weighted by Gasteiger charge is -2.22. The normalized spacial score (nSPS) is 24.1. The van der Waals surface area contributed by atoms with Crippen LogP contribution in [0.3, 0.4) is 0 Å². The number of carbonyl (C=O) groups is 8. The van der Waals surface area contributed by atoms with Crippen LogP contribution in [0.15, 0.2) is 0 Å². The maximum Gasteiger partial charge on any atom is 0.225 e. The van der Waals surface area contributed by atoms with Crippen LogP contribution in [0, 0.1) is 23.7 Å². The molecule has 0 saturated carbocycles. The number of nitrogens with one attached hydrogen (secondary N) is 4. The van der Waals surface area contributed by atoms with Crippen LogP contribution in [0.1, 0.15) is 25.7 Å². The first kappa shape index (κ1) is 36.5. The van der Waals surface area contributed by atoms with Crippen LogP contribution in [-0.4, -0.2) is 158 Å². The molecule has 0 radical (unpaired) electrons. The summed E-state index contributed by atoms with van der Waals surface area (Å²) in [5, 5.41) is 10.9. The Balaban J connectivity index is 1.11.